The number of rotatable bonds is 5. The molecule has 0 aliphatic heterocycles. The van der Waals surface area contributed by atoms with Gasteiger partial charge in [-0.2, -0.15) is 25.6 Å². The maximum atomic E-state index is 9.40. The van der Waals surface area contributed by atoms with E-state index >= 15 is 0 Å². The zero-order chi connectivity index (χ0) is 20.1. The molecule has 142 valence electrons. The van der Waals surface area contributed by atoms with Crippen LogP contribution < -0.4 is 10.6 Å². The van der Waals surface area contributed by atoms with E-state index in [9.17, 15) is 10.5 Å². The molecule has 9 nitrogen and oxygen atoms in total. The van der Waals surface area contributed by atoms with E-state index in [4.69, 9.17) is 0 Å². The average molecular weight is 375 g/mol. The van der Waals surface area contributed by atoms with Crippen LogP contribution in [0.5, 0.6) is 0 Å². The van der Waals surface area contributed by atoms with Crippen molar-refractivity contribution < 1.29 is 0 Å². The Morgan fingerprint density at radius 2 is 2.04 bits per heavy atom. The number of aryl methyl sites for hydroxylation is 1. The molecule has 0 atom stereocenters. The van der Waals surface area contributed by atoms with E-state index in [1.165, 1.54) is 0 Å². The zero-order valence-corrected chi connectivity index (χ0v) is 16.3. The molecule has 0 amide bonds. The highest BCUT2D eigenvalue weighted by molar-refractivity contribution is 5.94. The van der Waals surface area contributed by atoms with Gasteiger partial charge in [0.15, 0.2) is 0 Å². The predicted octanol–water partition coefficient (Wildman–Crippen LogP) is 3.30. The molecule has 0 bridgehead atoms. The first kappa shape index (κ1) is 17.8. The van der Waals surface area contributed by atoms with Crippen LogP contribution in [0.15, 0.2) is 12.4 Å². The lowest BCUT2D eigenvalue weighted by atomic mass is 10.1. The first-order valence-electron chi connectivity index (χ1n) is 9.07. The van der Waals surface area contributed by atoms with Gasteiger partial charge in [0.1, 0.15) is 23.1 Å². The zero-order valence-electron chi connectivity index (χ0n) is 16.3. The van der Waals surface area contributed by atoms with Crippen molar-refractivity contribution in [3.8, 4) is 12.1 Å². The number of nitriles is 2. The number of aromatic amines is 1. The molecule has 3 heterocycles. The fourth-order valence-corrected chi connectivity index (χ4v) is 2.91. The van der Waals surface area contributed by atoms with Crippen LogP contribution in [0, 0.1) is 29.6 Å². The van der Waals surface area contributed by atoms with Crippen molar-refractivity contribution in [1.29, 1.82) is 10.5 Å². The van der Waals surface area contributed by atoms with Gasteiger partial charge in [0.2, 0.25) is 5.95 Å². The summed E-state index contributed by atoms with van der Waals surface area (Å²) in [6.45, 7) is 7.58. The standard InChI is InChI=1S/C19H21N9/c1-11-13(9-28(27-11)18(2,3)10-21)23-17-24-15-14(12(7-20)8-22-15)16(25-17)26-19(4)5-6-19/h8-9H,5-6H2,1-4H3,(H3,22,23,24,25,26). The minimum Gasteiger partial charge on any atom is -0.364 e. The third-order valence-corrected chi connectivity index (χ3v) is 5.06. The monoisotopic (exact) mass is 375 g/mol. The fraction of sp³-hybridized carbons (Fsp3) is 0.421. The van der Waals surface area contributed by atoms with Gasteiger partial charge >= 0.3 is 0 Å². The van der Waals surface area contributed by atoms with Crippen LogP contribution in [0.3, 0.4) is 0 Å². The Kier molecular flexibility index (Phi) is 3.79. The SMILES string of the molecule is Cc1nn(C(C)(C)C#N)cc1Nc1nc(NC2(C)CC2)c2c(C#N)c[nH]c2n1. The summed E-state index contributed by atoms with van der Waals surface area (Å²) in [6.07, 6.45) is 5.53. The van der Waals surface area contributed by atoms with E-state index in [1.54, 1.807) is 30.9 Å². The summed E-state index contributed by atoms with van der Waals surface area (Å²) >= 11 is 0. The second-order valence-corrected chi connectivity index (χ2v) is 7.99. The van der Waals surface area contributed by atoms with Gasteiger partial charge in [-0.05, 0) is 40.5 Å². The molecule has 0 unspecified atom stereocenters. The minimum atomic E-state index is -0.760. The first-order valence-corrected chi connectivity index (χ1v) is 9.07. The topological polar surface area (TPSA) is 131 Å². The largest absolute Gasteiger partial charge is 0.364 e. The third kappa shape index (κ3) is 3.01. The van der Waals surface area contributed by atoms with Crippen molar-refractivity contribution in [1.82, 2.24) is 24.7 Å². The number of hydrogen-bond donors (Lipinski definition) is 3. The van der Waals surface area contributed by atoms with Crippen LogP contribution in [0.25, 0.3) is 11.0 Å². The smallest absolute Gasteiger partial charge is 0.231 e. The lowest BCUT2D eigenvalue weighted by Gasteiger charge is -2.15. The van der Waals surface area contributed by atoms with E-state index in [0.29, 0.717) is 28.4 Å². The molecule has 1 aliphatic carbocycles. The number of nitrogens with zero attached hydrogens (tertiary/aromatic N) is 6. The molecule has 0 spiro atoms. The highest BCUT2D eigenvalue weighted by atomic mass is 15.3. The van der Waals surface area contributed by atoms with Gasteiger partial charge in [-0.25, -0.2) is 0 Å². The predicted molar refractivity (Wildman–Crippen MR) is 105 cm³/mol. The number of hydrogen-bond acceptors (Lipinski definition) is 7. The summed E-state index contributed by atoms with van der Waals surface area (Å²) in [4.78, 5) is 12.2. The summed E-state index contributed by atoms with van der Waals surface area (Å²) in [5.74, 6) is 1.02. The van der Waals surface area contributed by atoms with Crippen molar-refractivity contribution in [3.05, 3.63) is 23.7 Å². The van der Waals surface area contributed by atoms with Gasteiger partial charge in [-0.1, -0.05) is 0 Å². The van der Waals surface area contributed by atoms with Crippen molar-refractivity contribution in [2.45, 2.75) is 51.6 Å². The van der Waals surface area contributed by atoms with E-state index < -0.39 is 5.54 Å². The Hall–Kier alpha value is -3.59. The quantitative estimate of drug-likeness (QED) is 0.623. The molecule has 1 saturated carbocycles. The van der Waals surface area contributed by atoms with Crippen molar-refractivity contribution in [2.24, 2.45) is 0 Å². The molecule has 0 aromatic carbocycles. The lowest BCUT2D eigenvalue weighted by molar-refractivity contribution is 0.416. The third-order valence-electron chi connectivity index (χ3n) is 5.06. The van der Waals surface area contributed by atoms with E-state index in [2.05, 4.69) is 49.7 Å². The highest BCUT2D eigenvalue weighted by Gasteiger charge is 2.38. The van der Waals surface area contributed by atoms with Gasteiger partial charge in [-0.3, -0.25) is 4.68 Å². The van der Waals surface area contributed by atoms with Gasteiger partial charge in [0, 0.05) is 11.7 Å². The molecule has 3 aromatic rings. The molecule has 1 fully saturated rings. The highest BCUT2D eigenvalue weighted by Crippen LogP contribution is 2.40. The van der Waals surface area contributed by atoms with Crippen LogP contribution in [-0.4, -0.2) is 30.3 Å². The maximum absolute atomic E-state index is 9.40. The molecule has 3 N–H and O–H groups in total. The molecule has 28 heavy (non-hydrogen) atoms. The normalized spacial score (nSPS) is 15.1. The van der Waals surface area contributed by atoms with Crippen LogP contribution in [0.1, 0.15) is 44.9 Å². The van der Waals surface area contributed by atoms with Gasteiger partial charge in [-0.15, -0.1) is 0 Å². The maximum Gasteiger partial charge on any atom is 0.231 e. The number of aromatic nitrogens is 5. The van der Waals surface area contributed by atoms with Crippen LogP contribution in [0.2, 0.25) is 0 Å². The van der Waals surface area contributed by atoms with Crippen LogP contribution >= 0.6 is 0 Å². The van der Waals surface area contributed by atoms with E-state index in [0.717, 1.165) is 24.2 Å². The average Bonchev–Trinajstić information content (AvgIpc) is 3.06. The molecule has 9 heteroatoms. The summed E-state index contributed by atoms with van der Waals surface area (Å²) < 4.78 is 1.62. The van der Waals surface area contributed by atoms with Crippen LogP contribution in [-0.2, 0) is 5.54 Å². The second kappa shape index (κ2) is 5.96. The lowest BCUT2D eigenvalue weighted by Crippen LogP contribution is -2.24. The summed E-state index contributed by atoms with van der Waals surface area (Å²) in [6, 6.07) is 4.42. The number of nitrogens with one attached hydrogen (secondary N) is 3. The number of H-pyrrole nitrogens is 1. The Morgan fingerprint density at radius 3 is 2.68 bits per heavy atom. The van der Waals surface area contributed by atoms with E-state index in [1.807, 2.05) is 6.92 Å². The van der Waals surface area contributed by atoms with Gasteiger partial charge in [0.05, 0.1) is 34.6 Å². The van der Waals surface area contributed by atoms with E-state index in [-0.39, 0.29) is 5.54 Å². The Morgan fingerprint density at radius 1 is 1.29 bits per heavy atom. The summed E-state index contributed by atoms with van der Waals surface area (Å²) in [5, 5.41) is 30.5. The number of anilines is 3. The Bertz CT molecular complexity index is 1150. The number of fused-ring (bicyclic) bond motifs is 1. The molecule has 1 aliphatic rings. The molecule has 3 aromatic heterocycles. The van der Waals surface area contributed by atoms with Gasteiger partial charge < -0.3 is 15.6 Å². The summed E-state index contributed by atoms with van der Waals surface area (Å²) in [5.41, 5.74) is 1.79. The van der Waals surface area contributed by atoms with Gasteiger partial charge in [0.25, 0.3) is 0 Å². The second-order valence-electron chi connectivity index (χ2n) is 7.99. The van der Waals surface area contributed by atoms with Crippen LogP contribution in [0.4, 0.5) is 17.5 Å². The minimum absolute atomic E-state index is 0.000168. The van der Waals surface area contributed by atoms with Crippen molar-refractivity contribution in [2.75, 3.05) is 10.6 Å². The molecule has 0 saturated heterocycles. The first-order chi connectivity index (χ1) is 13.2. The molecule has 0 radical (unpaired) electrons. The molecular weight excluding hydrogens is 354 g/mol. The van der Waals surface area contributed by atoms with Crippen molar-refractivity contribution in [3.63, 3.8) is 0 Å². The van der Waals surface area contributed by atoms with Crippen molar-refractivity contribution >= 4 is 28.5 Å². The summed E-state index contributed by atoms with van der Waals surface area (Å²) in [7, 11) is 0. The molecular formula is C19H21N9. The Labute approximate surface area is 162 Å². The fourth-order valence-electron chi connectivity index (χ4n) is 2.91. The Balaban J connectivity index is 1.74. The molecule has 4 rings (SSSR count).